The Hall–Kier alpha value is -1.42. The molecule has 0 bridgehead atoms. The van der Waals surface area contributed by atoms with Gasteiger partial charge in [-0.2, -0.15) is 0 Å². The number of ether oxygens (including phenoxy) is 1. The molecule has 2 saturated heterocycles. The van der Waals surface area contributed by atoms with Gasteiger partial charge in [-0.3, -0.25) is 9.69 Å². The maximum Gasteiger partial charge on any atom is 0.410 e. The van der Waals surface area contributed by atoms with Crippen molar-refractivity contribution in [3.63, 3.8) is 0 Å². The molecule has 3 heterocycles. The van der Waals surface area contributed by atoms with Gasteiger partial charge in [-0.05, 0) is 56.0 Å². The van der Waals surface area contributed by atoms with Gasteiger partial charge in [-0.15, -0.1) is 10.2 Å². The number of amides is 2. The number of likely N-dealkylation sites (tertiary alicyclic amines) is 1. The summed E-state index contributed by atoms with van der Waals surface area (Å²) in [6.45, 7) is 8.77. The van der Waals surface area contributed by atoms with Crippen molar-refractivity contribution >= 4 is 44.4 Å². The lowest BCUT2D eigenvalue weighted by atomic mass is 10.0. The van der Waals surface area contributed by atoms with Crippen molar-refractivity contribution in [3.05, 3.63) is 3.92 Å². The molecule has 0 spiro atoms. The minimum atomic E-state index is -0.566. The highest BCUT2D eigenvalue weighted by Gasteiger charge is 2.37. The number of aromatic nitrogens is 2. The lowest BCUT2D eigenvalue weighted by molar-refractivity contribution is -0.138. The first-order chi connectivity index (χ1) is 12.7. The SMILES string of the molecule is CC(C)(C)OC(=O)N1CCCCC1C(=O)N1CCN(c2nnc(Br)s2)CC1. The summed E-state index contributed by atoms with van der Waals surface area (Å²) in [5.41, 5.74) is -0.566. The van der Waals surface area contributed by atoms with E-state index in [0.29, 0.717) is 39.1 Å². The van der Waals surface area contributed by atoms with Crippen LogP contribution in [-0.2, 0) is 9.53 Å². The van der Waals surface area contributed by atoms with Crippen LogP contribution in [0, 0.1) is 0 Å². The molecule has 150 valence electrons. The Morgan fingerprint density at radius 2 is 1.81 bits per heavy atom. The summed E-state index contributed by atoms with van der Waals surface area (Å²) in [4.78, 5) is 31.3. The van der Waals surface area contributed by atoms with E-state index in [0.717, 1.165) is 21.9 Å². The number of piperazine rings is 1. The highest BCUT2D eigenvalue weighted by molar-refractivity contribution is 9.11. The molecule has 3 rings (SSSR count). The standard InChI is InChI=1S/C17H26BrN5O3S/c1-17(2,3)26-16(25)23-7-5-4-6-12(23)13(24)21-8-10-22(11-9-21)15-20-19-14(18)27-15/h12H,4-11H2,1-3H3. The number of carbonyl (C=O) groups is 2. The monoisotopic (exact) mass is 459 g/mol. The molecule has 2 aliphatic heterocycles. The van der Waals surface area contributed by atoms with Gasteiger partial charge in [0.05, 0.1) is 0 Å². The van der Waals surface area contributed by atoms with Crippen LogP contribution in [0.5, 0.6) is 0 Å². The fourth-order valence-electron chi connectivity index (χ4n) is 3.38. The van der Waals surface area contributed by atoms with Crippen molar-refractivity contribution < 1.29 is 14.3 Å². The van der Waals surface area contributed by atoms with Gasteiger partial charge in [-0.1, -0.05) is 11.3 Å². The summed E-state index contributed by atoms with van der Waals surface area (Å²) >= 11 is 4.82. The van der Waals surface area contributed by atoms with Crippen molar-refractivity contribution in [1.82, 2.24) is 20.0 Å². The van der Waals surface area contributed by atoms with Crippen LogP contribution in [0.3, 0.4) is 0 Å². The maximum absolute atomic E-state index is 13.1. The summed E-state index contributed by atoms with van der Waals surface area (Å²) in [5, 5.41) is 8.99. The Kier molecular flexibility index (Phi) is 6.25. The number of hydrogen-bond donors (Lipinski definition) is 0. The predicted octanol–water partition coefficient (Wildman–Crippen LogP) is 2.74. The average Bonchev–Trinajstić information content (AvgIpc) is 3.06. The van der Waals surface area contributed by atoms with Crippen LogP contribution in [0.15, 0.2) is 3.92 Å². The molecule has 1 aromatic heterocycles. The van der Waals surface area contributed by atoms with Crippen LogP contribution in [0.25, 0.3) is 0 Å². The Balaban J connectivity index is 1.61. The largest absolute Gasteiger partial charge is 0.444 e. The van der Waals surface area contributed by atoms with Gasteiger partial charge in [0.1, 0.15) is 11.6 Å². The molecule has 1 unspecified atom stereocenters. The normalized spacial score (nSPS) is 21.3. The van der Waals surface area contributed by atoms with Gasteiger partial charge >= 0.3 is 6.09 Å². The number of nitrogens with zero attached hydrogens (tertiary/aromatic N) is 5. The zero-order valence-corrected chi connectivity index (χ0v) is 18.4. The zero-order chi connectivity index (χ0) is 19.6. The first-order valence-corrected chi connectivity index (χ1v) is 10.9. The maximum atomic E-state index is 13.1. The van der Waals surface area contributed by atoms with E-state index in [1.54, 1.807) is 4.90 Å². The van der Waals surface area contributed by atoms with E-state index in [1.807, 2.05) is 25.7 Å². The summed E-state index contributed by atoms with van der Waals surface area (Å²) in [6, 6.07) is -0.421. The highest BCUT2D eigenvalue weighted by atomic mass is 79.9. The van der Waals surface area contributed by atoms with Gasteiger partial charge in [0.2, 0.25) is 11.0 Å². The molecule has 2 aliphatic rings. The zero-order valence-electron chi connectivity index (χ0n) is 16.0. The van der Waals surface area contributed by atoms with E-state index in [-0.39, 0.29) is 5.91 Å². The smallest absolute Gasteiger partial charge is 0.410 e. The van der Waals surface area contributed by atoms with Crippen molar-refractivity contribution in [2.75, 3.05) is 37.6 Å². The van der Waals surface area contributed by atoms with Crippen LogP contribution in [0.2, 0.25) is 0 Å². The summed E-state index contributed by atoms with van der Waals surface area (Å²) in [6.07, 6.45) is 2.16. The number of halogens is 1. The van der Waals surface area contributed by atoms with E-state index >= 15 is 0 Å². The summed E-state index contributed by atoms with van der Waals surface area (Å²) in [5.74, 6) is 0.0265. The second-order valence-electron chi connectivity index (χ2n) is 7.84. The van der Waals surface area contributed by atoms with E-state index in [9.17, 15) is 9.59 Å². The number of anilines is 1. The Morgan fingerprint density at radius 3 is 2.41 bits per heavy atom. The third-order valence-electron chi connectivity index (χ3n) is 4.67. The molecule has 0 radical (unpaired) electrons. The fraction of sp³-hybridized carbons (Fsp3) is 0.765. The Labute approximate surface area is 172 Å². The topological polar surface area (TPSA) is 78.9 Å². The first-order valence-electron chi connectivity index (χ1n) is 9.27. The Bertz CT molecular complexity index is 684. The average molecular weight is 460 g/mol. The van der Waals surface area contributed by atoms with E-state index in [1.165, 1.54) is 11.3 Å². The molecule has 0 saturated carbocycles. The number of hydrogen-bond acceptors (Lipinski definition) is 7. The quantitative estimate of drug-likeness (QED) is 0.676. The second kappa shape index (κ2) is 8.30. The molecule has 10 heteroatoms. The lowest BCUT2D eigenvalue weighted by Crippen LogP contribution is -2.57. The summed E-state index contributed by atoms with van der Waals surface area (Å²) < 4.78 is 6.27. The van der Waals surface area contributed by atoms with Gasteiger partial charge in [0, 0.05) is 32.7 Å². The van der Waals surface area contributed by atoms with Crippen molar-refractivity contribution in [1.29, 1.82) is 0 Å². The minimum absolute atomic E-state index is 0.0265. The van der Waals surface area contributed by atoms with Crippen LogP contribution in [0.1, 0.15) is 40.0 Å². The molecular weight excluding hydrogens is 434 g/mol. The van der Waals surface area contributed by atoms with Crippen LogP contribution in [0.4, 0.5) is 9.93 Å². The van der Waals surface area contributed by atoms with Gasteiger partial charge in [0.15, 0.2) is 3.92 Å². The highest BCUT2D eigenvalue weighted by Crippen LogP contribution is 2.26. The van der Waals surface area contributed by atoms with E-state index in [4.69, 9.17) is 4.74 Å². The van der Waals surface area contributed by atoms with Gasteiger partial charge < -0.3 is 14.5 Å². The van der Waals surface area contributed by atoms with E-state index < -0.39 is 17.7 Å². The summed E-state index contributed by atoms with van der Waals surface area (Å²) in [7, 11) is 0. The molecule has 0 aromatic carbocycles. The lowest BCUT2D eigenvalue weighted by Gasteiger charge is -2.40. The third kappa shape index (κ3) is 5.10. The van der Waals surface area contributed by atoms with Crippen molar-refractivity contribution in [2.45, 2.75) is 51.7 Å². The number of carbonyl (C=O) groups excluding carboxylic acids is 2. The van der Waals surface area contributed by atoms with Crippen LogP contribution in [-0.4, -0.2) is 76.4 Å². The van der Waals surface area contributed by atoms with E-state index in [2.05, 4.69) is 31.0 Å². The molecule has 0 aliphatic carbocycles. The van der Waals surface area contributed by atoms with Gasteiger partial charge in [-0.25, -0.2) is 4.79 Å². The third-order valence-corrected chi connectivity index (χ3v) is 6.08. The van der Waals surface area contributed by atoms with Crippen LogP contribution >= 0.6 is 27.3 Å². The van der Waals surface area contributed by atoms with Crippen molar-refractivity contribution in [3.8, 4) is 0 Å². The predicted molar refractivity (Wildman–Crippen MR) is 107 cm³/mol. The van der Waals surface area contributed by atoms with Gasteiger partial charge in [0.25, 0.3) is 0 Å². The number of rotatable bonds is 2. The molecule has 1 aromatic rings. The Morgan fingerprint density at radius 1 is 1.11 bits per heavy atom. The fourth-order valence-corrected chi connectivity index (χ4v) is 4.52. The minimum Gasteiger partial charge on any atom is -0.444 e. The molecular formula is C17H26BrN5O3S. The molecule has 2 amide bonds. The molecule has 27 heavy (non-hydrogen) atoms. The molecule has 8 nitrogen and oxygen atoms in total. The second-order valence-corrected chi connectivity index (χ2v) is 10.1. The van der Waals surface area contributed by atoms with Crippen molar-refractivity contribution in [2.24, 2.45) is 0 Å². The molecule has 2 fully saturated rings. The first kappa shape index (κ1) is 20.3. The van der Waals surface area contributed by atoms with Crippen LogP contribution < -0.4 is 4.90 Å². The molecule has 0 N–H and O–H groups in total. The molecule has 1 atom stereocenters. The number of piperidine rings is 1.